The highest BCUT2D eigenvalue weighted by Crippen LogP contribution is 2.31. The molecule has 1 saturated heterocycles. The van der Waals surface area contributed by atoms with Gasteiger partial charge in [-0.3, -0.25) is 9.59 Å². The fraction of sp³-hybridized carbons (Fsp3) is 0.867. The summed E-state index contributed by atoms with van der Waals surface area (Å²) in [5.41, 5.74) is 0. The minimum Gasteiger partial charge on any atom is -0.343 e. The van der Waals surface area contributed by atoms with Gasteiger partial charge in [0, 0.05) is 11.3 Å². The number of carbonyl (C=O) groups excluding carboxylic acids is 2. The van der Waals surface area contributed by atoms with Crippen LogP contribution < -0.4 is 5.32 Å². The molecule has 4 nitrogen and oxygen atoms in total. The van der Waals surface area contributed by atoms with E-state index in [0.29, 0.717) is 0 Å². The quantitative estimate of drug-likeness (QED) is 0.865. The number of hydrogen-bond acceptors (Lipinski definition) is 3. The number of thioether (sulfide) groups is 1. The minimum atomic E-state index is -0.313. The van der Waals surface area contributed by atoms with Crippen LogP contribution in [0.2, 0.25) is 0 Å². The first kappa shape index (κ1) is 15.7. The Kier molecular flexibility index (Phi) is 5.35. The van der Waals surface area contributed by atoms with Gasteiger partial charge in [0.05, 0.1) is 0 Å². The molecule has 2 rings (SSSR count). The van der Waals surface area contributed by atoms with E-state index in [2.05, 4.69) is 11.6 Å². The predicted molar refractivity (Wildman–Crippen MR) is 82.7 cm³/mol. The van der Waals surface area contributed by atoms with Gasteiger partial charge in [-0.25, -0.2) is 0 Å². The molecule has 0 aromatic heterocycles. The van der Waals surface area contributed by atoms with E-state index in [-0.39, 0.29) is 29.9 Å². The van der Waals surface area contributed by atoms with Gasteiger partial charge in [0.15, 0.2) is 0 Å². The van der Waals surface area contributed by atoms with Gasteiger partial charge in [-0.2, -0.15) is 11.8 Å². The van der Waals surface area contributed by atoms with Crippen molar-refractivity contribution in [3.8, 4) is 0 Å². The standard InChI is InChI=1S/C15H26N2O2S/c1-4-5-13-15(19)17(10(2)14(18)16-13)11-6-8-12(20-3)9-7-11/h10-13H,4-9H2,1-3H3,(H,16,18). The van der Waals surface area contributed by atoms with Gasteiger partial charge in [-0.1, -0.05) is 13.3 Å². The lowest BCUT2D eigenvalue weighted by atomic mass is 9.90. The summed E-state index contributed by atoms with van der Waals surface area (Å²) in [7, 11) is 0. The summed E-state index contributed by atoms with van der Waals surface area (Å²) in [6.07, 6.45) is 8.20. The van der Waals surface area contributed by atoms with Crippen molar-refractivity contribution in [2.24, 2.45) is 0 Å². The molecule has 0 aromatic rings. The van der Waals surface area contributed by atoms with Gasteiger partial charge in [-0.15, -0.1) is 0 Å². The topological polar surface area (TPSA) is 49.4 Å². The number of amides is 2. The Morgan fingerprint density at radius 2 is 1.90 bits per heavy atom. The molecule has 0 bridgehead atoms. The summed E-state index contributed by atoms with van der Waals surface area (Å²) in [5.74, 6) is 0.140. The maximum absolute atomic E-state index is 12.6. The highest BCUT2D eigenvalue weighted by atomic mass is 32.2. The van der Waals surface area contributed by atoms with Crippen LogP contribution in [0.15, 0.2) is 0 Å². The molecule has 1 N–H and O–H groups in total. The van der Waals surface area contributed by atoms with E-state index in [1.165, 1.54) is 0 Å². The lowest BCUT2D eigenvalue weighted by Crippen LogP contribution is -2.65. The molecule has 0 spiro atoms. The molecule has 1 aliphatic heterocycles. The first-order valence-electron chi connectivity index (χ1n) is 7.73. The Labute approximate surface area is 126 Å². The number of carbonyl (C=O) groups is 2. The zero-order valence-corrected chi connectivity index (χ0v) is 13.5. The van der Waals surface area contributed by atoms with E-state index in [9.17, 15) is 9.59 Å². The van der Waals surface area contributed by atoms with Crippen molar-refractivity contribution in [3.63, 3.8) is 0 Å². The summed E-state index contributed by atoms with van der Waals surface area (Å²) in [4.78, 5) is 26.6. The number of nitrogens with one attached hydrogen (secondary N) is 1. The van der Waals surface area contributed by atoms with E-state index >= 15 is 0 Å². The molecule has 1 aliphatic carbocycles. The van der Waals surface area contributed by atoms with Gasteiger partial charge in [-0.05, 0) is 45.3 Å². The molecule has 1 heterocycles. The van der Waals surface area contributed by atoms with Crippen molar-refractivity contribution >= 4 is 23.6 Å². The lowest BCUT2D eigenvalue weighted by Gasteiger charge is -2.44. The van der Waals surface area contributed by atoms with E-state index in [1.54, 1.807) is 0 Å². The molecule has 20 heavy (non-hydrogen) atoms. The van der Waals surface area contributed by atoms with E-state index in [4.69, 9.17) is 0 Å². The van der Waals surface area contributed by atoms with E-state index in [1.807, 2.05) is 30.5 Å². The van der Waals surface area contributed by atoms with Crippen molar-refractivity contribution in [3.05, 3.63) is 0 Å². The second-order valence-corrected chi connectivity index (χ2v) is 7.08. The number of piperazine rings is 1. The molecule has 2 fully saturated rings. The van der Waals surface area contributed by atoms with Crippen LogP contribution >= 0.6 is 11.8 Å². The Morgan fingerprint density at radius 1 is 1.25 bits per heavy atom. The fourth-order valence-electron chi connectivity index (χ4n) is 3.39. The molecule has 2 atom stereocenters. The normalized spacial score (nSPS) is 35.0. The van der Waals surface area contributed by atoms with Crippen LogP contribution in [0, 0.1) is 0 Å². The highest BCUT2D eigenvalue weighted by molar-refractivity contribution is 7.99. The summed E-state index contributed by atoms with van der Waals surface area (Å²) in [5, 5.41) is 3.60. The smallest absolute Gasteiger partial charge is 0.246 e. The number of rotatable bonds is 4. The largest absolute Gasteiger partial charge is 0.343 e. The maximum atomic E-state index is 12.6. The SMILES string of the molecule is CCCC1NC(=O)C(C)N(C2CCC(SC)CC2)C1=O. The van der Waals surface area contributed by atoms with Crippen molar-refractivity contribution < 1.29 is 9.59 Å². The van der Waals surface area contributed by atoms with Crippen LogP contribution in [0.5, 0.6) is 0 Å². The Bertz CT molecular complexity index is 367. The molecule has 0 aromatic carbocycles. The zero-order chi connectivity index (χ0) is 14.7. The average molecular weight is 298 g/mol. The molecule has 1 saturated carbocycles. The summed E-state index contributed by atoms with van der Waals surface area (Å²) < 4.78 is 0. The third-order valence-electron chi connectivity index (χ3n) is 4.61. The fourth-order valence-corrected chi connectivity index (χ4v) is 4.13. The molecular formula is C15H26N2O2S. The predicted octanol–water partition coefficient (Wildman–Crippen LogP) is 2.18. The summed E-state index contributed by atoms with van der Waals surface area (Å²) in [6, 6.07) is -0.361. The Morgan fingerprint density at radius 3 is 2.45 bits per heavy atom. The van der Waals surface area contributed by atoms with Crippen LogP contribution in [0.4, 0.5) is 0 Å². The first-order chi connectivity index (χ1) is 9.58. The van der Waals surface area contributed by atoms with Crippen molar-refractivity contribution in [2.75, 3.05) is 6.26 Å². The van der Waals surface area contributed by atoms with Crippen LogP contribution in [0.1, 0.15) is 52.4 Å². The third-order valence-corrected chi connectivity index (χ3v) is 5.75. The molecule has 2 aliphatic rings. The van der Waals surface area contributed by atoms with Gasteiger partial charge in [0.25, 0.3) is 0 Å². The lowest BCUT2D eigenvalue weighted by molar-refractivity contribution is -0.152. The summed E-state index contributed by atoms with van der Waals surface area (Å²) >= 11 is 1.92. The van der Waals surface area contributed by atoms with Crippen molar-refractivity contribution in [2.45, 2.75) is 75.7 Å². The maximum Gasteiger partial charge on any atom is 0.246 e. The monoisotopic (exact) mass is 298 g/mol. The van der Waals surface area contributed by atoms with Crippen molar-refractivity contribution in [1.82, 2.24) is 10.2 Å². The van der Waals surface area contributed by atoms with Crippen LogP contribution in [0.3, 0.4) is 0 Å². The molecule has 2 unspecified atom stereocenters. The molecule has 0 radical (unpaired) electrons. The molecule has 2 amide bonds. The highest BCUT2D eigenvalue weighted by Gasteiger charge is 2.41. The Balaban J connectivity index is 2.07. The number of nitrogens with zero attached hydrogens (tertiary/aromatic N) is 1. The summed E-state index contributed by atoms with van der Waals surface area (Å²) in [6.45, 7) is 3.90. The van der Waals surface area contributed by atoms with Crippen molar-refractivity contribution in [1.29, 1.82) is 0 Å². The van der Waals surface area contributed by atoms with Gasteiger partial charge in [0.2, 0.25) is 11.8 Å². The van der Waals surface area contributed by atoms with Gasteiger partial charge in [0.1, 0.15) is 12.1 Å². The molecular weight excluding hydrogens is 272 g/mol. The molecule has 114 valence electrons. The van der Waals surface area contributed by atoms with Gasteiger partial charge < -0.3 is 10.2 Å². The van der Waals surface area contributed by atoms with E-state index in [0.717, 1.165) is 43.8 Å². The Hall–Kier alpha value is -0.710. The average Bonchev–Trinajstić information content (AvgIpc) is 2.46. The number of hydrogen-bond donors (Lipinski definition) is 1. The molecule has 5 heteroatoms. The van der Waals surface area contributed by atoms with Gasteiger partial charge >= 0.3 is 0 Å². The zero-order valence-electron chi connectivity index (χ0n) is 12.7. The van der Waals surface area contributed by atoms with Crippen LogP contribution in [-0.4, -0.2) is 46.3 Å². The van der Waals surface area contributed by atoms with Crippen LogP contribution in [0.25, 0.3) is 0 Å². The second kappa shape index (κ2) is 6.83. The first-order valence-corrected chi connectivity index (χ1v) is 9.02. The minimum absolute atomic E-state index is 0.00930. The van der Waals surface area contributed by atoms with Crippen LogP contribution in [-0.2, 0) is 9.59 Å². The second-order valence-electron chi connectivity index (χ2n) is 5.94. The van der Waals surface area contributed by atoms with E-state index < -0.39 is 0 Å². The third kappa shape index (κ3) is 3.13.